The molecule has 0 aliphatic carbocycles. The number of hydrogen-bond acceptors (Lipinski definition) is 3. The first-order valence-corrected chi connectivity index (χ1v) is 8.02. The minimum Gasteiger partial charge on any atom is -0.304 e. The zero-order chi connectivity index (χ0) is 17.1. The summed E-state index contributed by atoms with van der Waals surface area (Å²) in [7, 11) is 0. The van der Waals surface area contributed by atoms with E-state index in [0.29, 0.717) is 17.8 Å². The van der Waals surface area contributed by atoms with Gasteiger partial charge in [0.15, 0.2) is 5.65 Å². The van der Waals surface area contributed by atoms with E-state index in [-0.39, 0.29) is 5.91 Å². The molecule has 4 rings (SSSR count). The van der Waals surface area contributed by atoms with Gasteiger partial charge in [0.1, 0.15) is 5.56 Å². The minimum absolute atomic E-state index is 0.122. The van der Waals surface area contributed by atoms with Crippen molar-refractivity contribution in [3.8, 4) is 0 Å². The second kappa shape index (κ2) is 6.57. The molecule has 0 bridgehead atoms. The molecule has 122 valence electrons. The van der Waals surface area contributed by atoms with Gasteiger partial charge in [-0.2, -0.15) is 5.10 Å². The third kappa shape index (κ3) is 2.99. The third-order valence-corrected chi connectivity index (χ3v) is 4.01. The van der Waals surface area contributed by atoms with E-state index >= 15 is 0 Å². The van der Waals surface area contributed by atoms with Crippen molar-refractivity contribution in [1.82, 2.24) is 14.6 Å². The van der Waals surface area contributed by atoms with Gasteiger partial charge in [0.05, 0.1) is 12.7 Å². The smallest absolute Gasteiger partial charge is 0.264 e. The normalized spacial score (nSPS) is 10.7. The van der Waals surface area contributed by atoms with E-state index in [0.717, 1.165) is 11.3 Å². The highest BCUT2D eigenvalue weighted by Crippen LogP contribution is 2.21. The molecule has 5 heteroatoms. The van der Waals surface area contributed by atoms with Crippen molar-refractivity contribution in [3.05, 3.63) is 96.4 Å². The van der Waals surface area contributed by atoms with Gasteiger partial charge in [-0.25, -0.2) is 9.50 Å². The fraction of sp³-hybridized carbons (Fsp3) is 0.0500. The molecule has 2 heterocycles. The fourth-order valence-electron chi connectivity index (χ4n) is 2.78. The number of nitrogens with zero attached hydrogens (tertiary/aromatic N) is 4. The number of amides is 1. The summed E-state index contributed by atoms with van der Waals surface area (Å²) in [4.78, 5) is 19.3. The SMILES string of the molecule is O=C(c1cnn2cccnc12)N(Cc1ccccc1)c1ccccc1. The average Bonchev–Trinajstić information content (AvgIpc) is 3.11. The molecule has 4 aromatic rings. The molecule has 1 amide bonds. The number of rotatable bonds is 4. The maximum absolute atomic E-state index is 13.3. The largest absolute Gasteiger partial charge is 0.304 e. The Morgan fingerprint density at radius 3 is 2.44 bits per heavy atom. The highest BCUT2D eigenvalue weighted by Gasteiger charge is 2.22. The summed E-state index contributed by atoms with van der Waals surface area (Å²) in [5.74, 6) is -0.122. The van der Waals surface area contributed by atoms with Crippen LogP contribution in [0.5, 0.6) is 0 Å². The zero-order valence-electron chi connectivity index (χ0n) is 13.5. The Bertz CT molecular complexity index is 996. The van der Waals surface area contributed by atoms with Crippen LogP contribution >= 0.6 is 0 Å². The van der Waals surface area contributed by atoms with Crippen molar-refractivity contribution < 1.29 is 4.79 Å². The van der Waals surface area contributed by atoms with Gasteiger partial charge in [-0.15, -0.1) is 0 Å². The van der Waals surface area contributed by atoms with Crippen LogP contribution in [0.3, 0.4) is 0 Å². The van der Waals surface area contributed by atoms with Crippen LogP contribution in [0.4, 0.5) is 5.69 Å². The van der Waals surface area contributed by atoms with Gasteiger partial charge in [-0.05, 0) is 23.8 Å². The fourth-order valence-corrected chi connectivity index (χ4v) is 2.78. The second-order valence-electron chi connectivity index (χ2n) is 5.66. The van der Waals surface area contributed by atoms with Crippen LogP contribution in [0.25, 0.3) is 5.65 Å². The molecule has 2 aromatic heterocycles. The van der Waals surface area contributed by atoms with Crippen LogP contribution in [0.2, 0.25) is 0 Å². The summed E-state index contributed by atoms with van der Waals surface area (Å²) in [6.45, 7) is 0.480. The van der Waals surface area contributed by atoms with E-state index in [1.807, 2.05) is 60.7 Å². The predicted octanol–water partition coefficient (Wildman–Crippen LogP) is 3.58. The maximum Gasteiger partial charge on any atom is 0.264 e. The minimum atomic E-state index is -0.122. The molecule has 0 N–H and O–H groups in total. The standard InChI is InChI=1S/C20H16N4O/c25-20(18-14-22-24-13-7-12-21-19(18)24)23(17-10-5-2-6-11-17)15-16-8-3-1-4-9-16/h1-14H,15H2. The van der Waals surface area contributed by atoms with Crippen LogP contribution in [0.15, 0.2) is 85.3 Å². The van der Waals surface area contributed by atoms with Gasteiger partial charge in [0.2, 0.25) is 0 Å². The predicted molar refractivity (Wildman–Crippen MR) is 96.4 cm³/mol. The Morgan fingerprint density at radius 2 is 1.68 bits per heavy atom. The van der Waals surface area contributed by atoms with Gasteiger partial charge < -0.3 is 4.90 Å². The Kier molecular flexibility index (Phi) is 3.96. The van der Waals surface area contributed by atoms with Crippen LogP contribution in [0.1, 0.15) is 15.9 Å². The molecule has 2 aromatic carbocycles. The van der Waals surface area contributed by atoms with E-state index in [1.54, 1.807) is 34.1 Å². The van der Waals surface area contributed by atoms with Crippen LogP contribution < -0.4 is 4.90 Å². The molecule has 0 saturated heterocycles. The summed E-state index contributed by atoms with van der Waals surface area (Å²) in [5, 5.41) is 4.23. The van der Waals surface area contributed by atoms with Gasteiger partial charge in [-0.3, -0.25) is 4.79 Å². The first-order valence-electron chi connectivity index (χ1n) is 8.02. The quantitative estimate of drug-likeness (QED) is 0.575. The van der Waals surface area contributed by atoms with E-state index in [2.05, 4.69) is 10.1 Å². The van der Waals surface area contributed by atoms with E-state index < -0.39 is 0 Å². The van der Waals surface area contributed by atoms with E-state index in [9.17, 15) is 4.79 Å². The van der Waals surface area contributed by atoms with Crippen LogP contribution in [-0.2, 0) is 6.54 Å². The number of carbonyl (C=O) groups is 1. The van der Waals surface area contributed by atoms with Crippen molar-refractivity contribution in [2.75, 3.05) is 4.90 Å². The van der Waals surface area contributed by atoms with Gasteiger partial charge >= 0.3 is 0 Å². The van der Waals surface area contributed by atoms with Crippen molar-refractivity contribution in [1.29, 1.82) is 0 Å². The summed E-state index contributed by atoms with van der Waals surface area (Å²) in [6.07, 6.45) is 5.02. The molecule has 0 aliphatic rings. The number of aromatic nitrogens is 3. The third-order valence-electron chi connectivity index (χ3n) is 4.01. The molecule has 0 saturated carbocycles. The Balaban J connectivity index is 1.76. The lowest BCUT2D eigenvalue weighted by molar-refractivity contribution is 0.0986. The molecular formula is C20H16N4O. The summed E-state index contributed by atoms with van der Waals surface area (Å²) < 4.78 is 1.61. The van der Waals surface area contributed by atoms with Crippen LogP contribution in [0, 0.1) is 0 Å². The highest BCUT2D eigenvalue weighted by molar-refractivity contribution is 6.09. The number of carbonyl (C=O) groups excluding carboxylic acids is 1. The number of benzene rings is 2. The first kappa shape index (κ1) is 15.1. The molecular weight excluding hydrogens is 312 g/mol. The lowest BCUT2D eigenvalue weighted by Crippen LogP contribution is -2.30. The summed E-state index contributed by atoms with van der Waals surface area (Å²) in [6, 6.07) is 21.4. The van der Waals surface area contributed by atoms with Gasteiger partial charge in [0.25, 0.3) is 5.91 Å². The topological polar surface area (TPSA) is 50.5 Å². The molecule has 0 radical (unpaired) electrons. The molecule has 0 aliphatic heterocycles. The first-order chi connectivity index (χ1) is 12.3. The Hall–Kier alpha value is -3.47. The number of fused-ring (bicyclic) bond motifs is 1. The van der Waals surface area contributed by atoms with E-state index in [4.69, 9.17) is 0 Å². The number of hydrogen-bond donors (Lipinski definition) is 0. The Labute approximate surface area is 145 Å². The lowest BCUT2D eigenvalue weighted by Gasteiger charge is -2.22. The van der Waals surface area contributed by atoms with Crippen molar-refractivity contribution in [3.63, 3.8) is 0 Å². The number of anilines is 1. The number of para-hydroxylation sites is 1. The molecule has 25 heavy (non-hydrogen) atoms. The van der Waals surface area contributed by atoms with Crippen molar-refractivity contribution >= 4 is 17.2 Å². The van der Waals surface area contributed by atoms with Gasteiger partial charge in [0, 0.05) is 18.1 Å². The molecule has 0 fully saturated rings. The second-order valence-corrected chi connectivity index (χ2v) is 5.66. The molecule has 5 nitrogen and oxygen atoms in total. The van der Waals surface area contributed by atoms with Crippen molar-refractivity contribution in [2.24, 2.45) is 0 Å². The zero-order valence-corrected chi connectivity index (χ0v) is 13.5. The molecule has 0 unspecified atom stereocenters. The molecule has 0 atom stereocenters. The average molecular weight is 328 g/mol. The molecule has 0 spiro atoms. The summed E-state index contributed by atoms with van der Waals surface area (Å²) in [5.41, 5.74) is 2.94. The van der Waals surface area contributed by atoms with Crippen molar-refractivity contribution in [2.45, 2.75) is 6.54 Å². The monoisotopic (exact) mass is 328 g/mol. The van der Waals surface area contributed by atoms with E-state index in [1.165, 1.54) is 0 Å². The maximum atomic E-state index is 13.3. The van der Waals surface area contributed by atoms with Gasteiger partial charge in [-0.1, -0.05) is 48.5 Å². The summed E-state index contributed by atoms with van der Waals surface area (Å²) >= 11 is 0. The Morgan fingerprint density at radius 1 is 0.960 bits per heavy atom. The highest BCUT2D eigenvalue weighted by atomic mass is 16.2. The lowest BCUT2D eigenvalue weighted by atomic mass is 10.1. The van der Waals surface area contributed by atoms with Crippen LogP contribution in [-0.4, -0.2) is 20.5 Å².